The third-order valence-electron chi connectivity index (χ3n) is 2.86. The summed E-state index contributed by atoms with van der Waals surface area (Å²) in [4.78, 5) is 35.1. The monoisotopic (exact) mass is 288 g/mol. The Morgan fingerprint density at radius 2 is 1.75 bits per heavy atom. The number of hydrogen-bond acceptors (Lipinski definition) is 3. The Morgan fingerprint density at radius 1 is 1.15 bits per heavy atom. The van der Waals surface area contributed by atoms with Gasteiger partial charge < -0.3 is 20.4 Å². The molecule has 0 aromatic heterocycles. The fourth-order valence-electron chi connectivity index (χ4n) is 1.73. The molecular weight excluding hydrogens is 264 g/mol. The summed E-state index contributed by atoms with van der Waals surface area (Å²) >= 11 is 0. The zero-order chi connectivity index (χ0) is 15.7. The van der Waals surface area contributed by atoms with E-state index in [1.54, 1.807) is 0 Å². The molecule has 0 aliphatic heterocycles. The van der Waals surface area contributed by atoms with Crippen LogP contribution in [-0.2, 0) is 9.59 Å². The molecule has 0 radical (unpaired) electrons. The van der Waals surface area contributed by atoms with Crippen LogP contribution >= 0.6 is 0 Å². The van der Waals surface area contributed by atoms with Gasteiger partial charge in [-0.1, -0.05) is 19.8 Å². The van der Waals surface area contributed by atoms with E-state index in [-0.39, 0.29) is 6.04 Å². The Morgan fingerprint density at radius 3 is 2.15 bits per heavy atom. The predicted octanol–water partition coefficient (Wildman–Crippen LogP) is 1.52. The number of carboxylic acid groups (broad SMARTS) is 2. The van der Waals surface area contributed by atoms with E-state index in [2.05, 4.69) is 5.32 Å². The molecule has 0 aliphatic carbocycles. The van der Waals surface area contributed by atoms with E-state index >= 15 is 0 Å². The molecule has 3 N–H and O–H groups in total. The molecule has 2 amide bonds. The van der Waals surface area contributed by atoms with Crippen LogP contribution in [0.5, 0.6) is 0 Å². The minimum absolute atomic E-state index is 0.0777. The number of carbonyl (C=O) groups is 3. The van der Waals surface area contributed by atoms with E-state index in [0.717, 1.165) is 19.3 Å². The van der Waals surface area contributed by atoms with Crippen molar-refractivity contribution >= 4 is 18.0 Å². The number of nitrogens with one attached hydrogen (secondary N) is 1. The second kappa shape index (κ2) is 9.17. The predicted molar refractivity (Wildman–Crippen MR) is 73.6 cm³/mol. The number of urea groups is 1. The van der Waals surface area contributed by atoms with Crippen LogP contribution in [-0.4, -0.2) is 51.7 Å². The minimum atomic E-state index is -1.41. The fraction of sp³-hybridized carbons (Fsp3) is 0.769. The highest BCUT2D eigenvalue weighted by molar-refractivity contribution is 5.86. The van der Waals surface area contributed by atoms with Gasteiger partial charge >= 0.3 is 18.0 Å². The lowest BCUT2D eigenvalue weighted by Crippen LogP contribution is -2.51. The summed E-state index contributed by atoms with van der Waals surface area (Å²) < 4.78 is 0. The van der Waals surface area contributed by atoms with Gasteiger partial charge in [-0.25, -0.2) is 9.59 Å². The van der Waals surface area contributed by atoms with Crippen LogP contribution < -0.4 is 5.32 Å². The van der Waals surface area contributed by atoms with Gasteiger partial charge in [0.1, 0.15) is 6.04 Å². The van der Waals surface area contributed by atoms with Gasteiger partial charge in [0, 0.05) is 12.6 Å². The Bertz CT molecular complexity index is 344. The largest absolute Gasteiger partial charge is 0.481 e. The van der Waals surface area contributed by atoms with Gasteiger partial charge in [0.2, 0.25) is 0 Å². The molecule has 0 aromatic rings. The zero-order valence-electron chi connectivity index (χ0n) is 12.3. The Balaban J connectivity index is 4.62. The maximum absolute atomic E-state index is 12.0. The Labute approximate surface area is 119 Å². The number of carboxylic acids is 2. The van der Waals surface area contributed by atoms with E-state index in [4.69, 9.17) is 10.2 Å². The first-order valence-corrected chi connectivity index (χ1v) is 6.81. The van der Waals surface area contributed by atoms with Crippen LogP contribution in [0.1, 0.15) is 46.5 Å². The second-order valence-electron chi connectivity index (χ2n) is 4.93. The third-order valence-corrected chi connectivity index (χ3v) is 2.86. The molecule has 0 spiro atoms. The molecule has 0 fully saturated rings. The molecule has 116 valence electrons. The summed E-state index contributed by atoms with van der Waals surface area (Å²) in [5.74, 6) is -2.61. The average Bonchev–Trinajstić information content (AvgIpc) is 2.32. The van der Waals surface area contributed by atoms with Crippen LogP contribution in [0.4, 0.5) is 4.79 Å². The number of aliphatic carboxylic acids is 2. The van der Waals surface area contributed by atoms with Crippen LogP contribution in [0.2, 0.25) is 0 Å². The lowest BCUT2D eigenvalue weighted by atomic mass is 10.2. The summed E-state index contributed by atoms with van der Waals surface area (Å²) in [5.41, 5.74) is 0. The number of nitrogens with zero attached hydrogens (tertiary/aromatic N) is 1. The van der Waals surface area contributed by atoms with Gasteiger partial charge in [-0.3, -0.25) is 4.79 Å². The van der Waals surface area contributed by atoms with Crippen molar-refractivity contribution in [3.63, 3.8) is 0 Å². The SMILES string of the molecule is CCCCCN(C(=O)N[C@H](CC(=O)O)C(=O)O)C(C)C. The first-order valence-electron chi connectivity index (χ1n) is 6.81. The molecule has 0 aliphatic rings. The van der Waals surface area contributed by atoms with Crippen molar-refractivity contribution in [1.82, 2.24) is 10.2 Å². The minimum Gasteiger partial charge on any atom is -0.481 e. The van der Waals surface area contributed by atoms with Crippen LogP contribution in [0.25, 0.3) is 0 Å². The summed E-state index contributed by atoms with van der Waals surface area (Å²) in [7, 11) is 0. The van der Waals surface area contributed by atoms with E-state index < -0.39 is 30.4 Å². The molecule has 0 saturated heterocycles. The molecule has 1 atom stereocenters. The van der Waals surface area contributed by atoms with Crippen molar-refractivity contribution in [2.45, 2.75) is 58.5 Å². The molecule has 0 unspecified atom stereocenters. The van der Waals surface area contributed by atoms with E-state index in [1.165, 1.54) is 4.90 Å². The van der Waals surface area contributed by atoms with Crippen molar-refractivity contribution in [1.29, 1.82) is 0 Å². The number of amides is 2. The maximum atomic E-state index is 12.0. The second-order valence-corrected chi connectivity index (χ2v) is 4.93. The smallest absolute Gasteiger partial charge is 0.326 e. The third kappa shape index (κ3) is 6.96. The highest BCUT2D eigenvalue weighted by Crippen LogP contribution is 2.05. The van der Waals surface area contributed by atoms with Crippen molar-refractivity contribution in [3.05, 3.63) is 0 Å². The number of hydrogen-bond donors (Lipinski definition) is 3. The molecule has 7 nitrogen and oxygen atoms in total. The van der Waals surface area contributed by atoms with Gasteiger partial charge in [0.15, 0.2) is 0 Å². The average molecular weight is 288 g/mol. The summed E-state index contributed by atoms with van der Waals surface area (Å²) in [6.07, 6.45) is 2.19. The molecule has 0 saturated carbocycles. The summed E-state index contributed by atoms with van der Waals surface area (Å²) in [6, 6.07) is -2.02. The quantitative estimate of drug-likeness (QED) is 0.558. The summed E-state index contributed by atoms with van der Waals surface area (Å²) in [6.45, 7) is 6.24. The number of carbonyl (C=O) groups excluding carboxylic acids is 1. The highest BCUT2D eigenvalue weighted by atomic mass is 16.4. The molecule has 0 aromatic carbocycles. The molecule has 0 rings (SSSR count). The van der Waals surface area contributed by atoms with E-state index in [0.29, 0.717) is 6.54 Å². The molecule has 20 heavy (non-hydrogen) atoms. The van der Waals surface area contributed by atoms with Crippen molar-refractivity contribution < 1.29 is 24.6 Å². The molecule has 7 heteroatoms. The highest BCUT2D eigenvalue weighted by Gasteiger charge is 2.26. The number of rotatable bonds is 9. The lowest BCUT2D eigenvalue weighted by Gasteiger charge is -2.28. The molecule has 0 bridgehead atoms. The van der Waals surface area contributed by atoms with Gasteiger partial charge in [-0.2, -0.15) is 0 Å². The summed E-state index contributed by atoms with van der Waals surface area (Å²) in [5, 5.41) is 19.8. The standard InChI is InChI=1S/C13H24N2O5/c1-4-5-6-7-15(9(2)3)13(20)14-10(12(18)19)8-11(16)17/h9-10H,4-8H2,1-3H3,(H,14,20)(H,16,17)(H,18,19)/t10-/m1/s1. The maximum Gasteiger partial charge on any atom is 0.326 e. The van der Waals surface area contributed by atoms with Crippen LogP contribution in [0, 0.1) is 0 Å². The first kappa shape index (κ1) is 18.2. The zero-order valence-corrected chi connectivity index (χ0v) is 12.3. The van der Waals surface area contributed by atoms with Crippen molar-refractivity contribution in [3.8, 4) is 0 Å². The van der Waals surface area contributed by atoms with Gasteiger partial charge in [-0.15, -0.1) is 0 Å². The first-order chi connectivity index (χ1) is 9.29. The fourth-order valence-corrected chi connectivity index (χ4v) is 1.73. The Kier molecular flexibility index (Phi) is 8.35. The normalized spacial score (nSPS) is 12.0. The van der Waals surface area contributed by atoms with Crippen molar-refractivity contribution in [2.75, 3.05) is 6.54 Å². The van der Waals surface area contributed by atoms with Crippen molar-refractivity contribution in [2.24, 2.45) is 0 Å². The molecule has 0 heterocycles. The molecular formula is C13H24N2O5. The van der Waals surface area contributed by atoms with E-state index in [1.807, 2.05) is 20.8 Å². The lowest BCUT2D eigenvalue weighted by molar-refractivity contribution is -0.145. The number of unbranched alkanes of at least 4 members (excludes halogenated alkanes) is 2. The van der Waals surface area contributed by atoms with Crippen LogP contribution in [0.15, 0.2) is 0 Å². The topological polar surface area (TPSA) is 107 Å². The van der Waals surface area contributed by atoms with Gasteiger partial charge in [0.05, 0.1) is 6.42 Å². The van der Waals surface area contributed by atoms with E-state index in [9.17, 15) is 14.4 Å². The van der Waals surface area contributed by atoms with Crippen LogP contribution in [0.3, 0.4) is 0 Å². The van der Waals surface area contributed by atoms with Gasteiger partial charge in [0.25, 0.3) is 0 Å². The van der Waals surface area contributed by atoms with Gasteiger partial charge in [-0.05, 0) is 20.3 Å². The Hall–Kier alpha value is -1.79.